The summed E-state index contributed by atoms with van der Waals surface area (Å²) in [4.78, 5) is 10.8. The van der Waals surface area contributed by atoms with Gasteiger partial charge in [0.25, 0.3) is 0 Å². The van der Waals surface area contributed by atoms with Gasteiger partial charge in [0.15, 0.2) is 0 Å². The number of carbonyl (C=O) groups is 1. The lowest BCUT2D eigenvalue weighted by Gasteiger charge is -2.23. The molecule has 0 radical (unpaired) electrons. The van der Waals surface area contributed by atoms with Gasteiger partial charge in [0, 0.05) is 5.56 Å². The number of hydrogen-bond acceptors (Lipinski definition) is 1. The molecule has 13 heavy (non-hydrogen) atoms. The Morgan fingerprint density at radius 3 is 1.92 bits per heavy atom. The van der Waals surface area contributed by atoms with Crippen molar-refractivity contribution < 1.29 is 4.79 Å². The zero-order chi connectivity index (χ0) is 10.1. The first kappa shape index (κ1) is 9.74. The predicted octanol–water partition coefficient (Wildman–Crippen LogP) is 0.982. The fourth-order valence-corrected chi connectivity index (χ4v) is 1.07. The molecule has 0 aromatic heterocycles. The molecule has 0 atom stereocenters. The molecule has 0 saturated heterocycles. The van der Waals surface area contributed by atoms with E-state index in [2.05, 4.69) is 21.1 Å². The van der Waals surface area contributed by atoms with Crippen LogP contribution in [0.4, 0.5) is 5.69 Å². The Morgan fingerprint density at radius 2 is 1.62 bits per heavy atom. The topological polar surface area (TPSA) is 43.1 Å². The smallest absolute Gasteiger partial charge is 0.248 e. The number of amides is 1. The molecule has 70 valence electrons. The molecular weight excluding hydrogens is 164 g/mol. The Bertz CT molecular complexity index is 309. The first-order chi connectivity index (χ1) is 5.91. The molecule has 0 aliphatic carbocycles. The van der Waals surface area contributed by atoms with Crippen LogP contribution in [0.25, 0.3) is 0 Å². The minimum atomic E-state index is -0.382. The zero-order valence-corrected chi connectivity index (χ0v) is 8.24. The molecule has 0 fully saturated rings. The molecule has 0 spiro atoms. The van der Waals surface area contributed by atoms with Gasteiger partial charge in [0.2, 0.25) is 5.91 Å². The summed E-state index contributed by atoms with van der Waals surface area (Å²) < 4.78 is 0.735. The van der Waals surface area contributed by atoms with E-state index in [0.29, 0.717) is 5.56 Å². The number of rotatable bonds is 2. The van der Waals surface area contributed by atoms with Crippen molar-refractivity contribution in [2.45, 2.75) is 0 Å². The number of quaternary nitrogens is 1. The third-order valence-electron chi connectivity index (χ3n) is 1.93. The van der Waals surface area contributed by atoms with Crippen molar-refractivity contribution in [3.8, 4) is 0 Å². The molecule has 0 saturated carbocycles. The lowest BCUT2D eigenvalue weighted by molar-refractivity contribution is 0.100. The van der Waals surface area contributed by atoms with Crippen LogP contribution in [0.3, 0.4) is 0 Å². The summed E-state index contributed by atoms with van der Waals surface area (Å²) in [7, 11) is 6.21. The van der Waals surface area contributed by atoms with Crippen LogP contribution in [0.2, 0.25) is 0 Å². The summed E-state index contributed by atoms with van der Waals surface area (Å²) >= 11 is 0. The van der Waals surface area contributed by atoms with Crippen LogP contribution in [-0.2, 0) is 0 Å². The molecule has 0 unspecified atom stereocenters. The Kier molecular flexibility index (Phi) is 2.38. The van der Waals surface area contributed by atoms with Crippen LogP contribution < -0.4 is 10.2 Å². The zero-order valence-electron chi connectivity index (χ0n) is 8.24. The normalized spacial score (nSPS) is 11.3. The van der Waals surface area contributed by atoms with E-state index in [1.165, 1.54) is 0 Å². The number of primary amides is 1. The fourth-order valence-electron chi connectivity index (χ4n) is 1.07. The highest BCUT2D eigenvalue weighted by Crippen LogP contribution is 2.16. The van der Waals surface area contributed by atoms with E-state index in [-0.39, 0.29) is 5.91 Å². The first-order valence-corrected chi connectivity index (χ1v) is 4.13. The van der Waals surface area contributed by atoms with Gasteiger partial charge in [-0.3, -0.25) is 9.28 Å². The molecule has 0 heterocycles. The number of nitrogens with zero attached hydrogens (tertiary/aromatic N) is 1. The van der Waals surface area contributed by atoms with Crippen molar-refractivity contribution in [1.82, 2.24) is 4.48 Å². The molecule has 0 bridgehead atoms. The largest absolute Gasteiger partial charge is 0.366 e. The molecule has 2 N–H and O–H groups in total. The lowest BCUT2D eigenvalue weighted by Crippen LogP contribution is -2.34. The summed E-state index contributed by atoms with van der Waals surface area (Å²) in [5, 5.41) is 0. The molecule has 0 aliphatic heterocycles. The number of carbonyl (C=O) groups excluding carboxylic acids is 1. The highest BCUT2D eigenvalue weighted by molar-refractivity contribution is 5.93. The van der Waals surface area contributed by atoms with E-state index in [1.54, 1.807) is 12.1 Å². The van der Waals surface area contributed by atoms with Crippen LogP contribution in [0.15, 0.2) is 24.3 Å². The van der Waals surface area contributed by atoms with Crippen molar-refractivity contribution in [1.29, 1.82) is 0 Å². The molecule has 1 amide bonds. The summed E-state index contributed by atoms with van der Waals surface area (Å²) in [5.41, 5.74) is 6.83. The summed E-state index contributed by atoms with van der Waals surface area (Å²) in [5.74, 6) is -0.382. The third kappa shape index (κ3) is 2.29. The van der Waals surface area contributed by atoms with Crippen molar-refractivity contribution >= 4 is 11.6 Å². The van der Waals surface area contributed by atoms with Gasteiger partial charge in [-0.15, -0.1) is 0 Å². The third-order valence-corrected chi connectivity index (χ3v) is 1.93. The quantitative estimate of drug-likeness (QED) is 0.676. The van der Waals surface area contributed by atoms with E-state index in [0.717, 1.165) is 10.2 Å². The highest BCUT2D eigenvalue weighted by Gasteiger charge is 2.11. The van der Waals surface area contributed by atoms with E-state index >= 15 is 0 Å². The van der Waals surface area contributed by atoms with Gasteiger partial charge in [-0.2, -0.15) is 0 Å². The van der Waals surface area contributed by atoms with Crippen molar-refractivity contribution in [2.75, 3.05) is 21.1 Å². The van der Waals surface area contributed by atoms with E-state index in [1.807, 2.05) is 12.1 Å². The van der Waals surface area contributed by atoms with Gasteiger partial charge < -0.3 is 5.73 Å². The van der Waals surface area contributed by atoms with Gasteiger partial charge in [-0.1, -0.05) is 0 Å². The minimum absolute atomic E-state index is 0.382. The predicted molar refractivity (Wildman–Crippen MR) is 54.5 cm³/mol. The molecule has 1 rings (SSSR count). The fraction of sp³-hybridized carbons (Fsp3) is 0.300. The SMILES string of the molecule is C[N+](C)(C)c1ccc(C(N)=O)cc1. The Morgan fingerprint density at radius 1 is 1.15 bits per heavy atom. The van der Waals surface area contributed by atoms with Gasteiger partial charge in [-0.25, -0.2) is 0 Å². The van der Waals surface area contributed by atoms with Gasteiger partial charge >= 0.3 is 0 Å². The maximum atomic E-state index is 10.8. The maximum Gasteiger partial charge on any atom is 0.248 e. The maximum absolute atomic E-state index is 10.8. The Balaban J connectivity index is 3.01. The van der Waals surface area contributed by atoms with Crippen LogP contribution in [0.1, 0.15) is 10.4 Å². The van der Waals surface area contributed by atoms with Crippen molar-refractivity contribution in [3.05, 3.63) is 29.8 Å². The molecule has 3 heteroatoms. The minimum Gasteiger partial charge on any atom is -0.366 e. The second-order valence-corrected chi connectivity index (χ2v) is 3.92. The van der Waals surface area contributed by atoms with E-state index in [9.17, 15) is 4.79 Å². The van der Waals surface area contributed by atoms with E-state index in [4.69, 9.17) is 5.73 Å². The second kappa shape index (κ2) is 3.18. The number of benzene rings is 1. The molecule has 3 nitrogen and oxygen atoms in total. The summed E-state index contributed by atoms with van der Waals surface area (Å²) in [6, 6.07) is 7.34. The van der Waals surface area contributed by atoms with Gasteiger partial charge in [-0.05, 0) is 24.3 Å². The van der Waals surface area contributed by atoms with Crippen LogP contribution in [0, 0.1) is 0 Å². The van der Waals surface area contributed by atoms with E-state index < -0.39 is 0 Å². The average molecular weight is 179 g/mol. The van der Waals surface area contributed by atoms with Crippen molar-refractivity contribution in [3.63, 3.8) is 0 Å². The Hall–Kier alpha value is -1.35. The second-order valence-electron chi connectivity index (χ2n) is 3.92. The molecule has 1 aromatic rings. The van der Waals surface area contributed by atoms with Crippen LogP contribution in [-0.4, -0.2) is 27.1 Å². The van der Waals surface area contributed by atoms with Crippen molar-refractivity contribution in [2.24, 2.45) is 5.73 Å². The van der Waals surface area contributed by atoms with Gasteiger partial charge in [0.05, 0.1) is 21.1 Å². The Labute approximate surface area is 78.4 Å². The number of hydrogen-bond donors (Lipinski definition) is 1. The average Bonchev–Trinajstić information content (AvgIpc) is 2.03. The lowest BCUT2D eigenvalue weighted by atomic mass is 10.2. The standard InChI is InChI=1S/C10H14N2O/c1-12(2,3)9-6-4-8(5-7-9)10(11)13/h4-7H,1-3H3,(H-,11,13)/p+1. The first-order valence-electron chi connectivity index (χ1n) is 4.13. The molecule has 0 aliphatic rings. The van der Waals surface area contributed by atoms with Crippen LogP contribution in [0.5, 0.6) is 0 Å². The summed E-state index contributed by atoms with van der Waals surface area (Å²) in [6.07, 6.45) is 0. The summed E-state index contributed by atoms with van der Waals surface area (Å²) in [6.45, 7) is 0. The highest BCUT2D eigenvalue weighted by atomic mass is 16.1. The number of nitrogens with two attached hydrogens (primary N) is 1. The monoisotopic (exact) mass is 179 g/mol. The van der Waals surface area contributed by atoms with Gasteiger partial charge in [0.1, 0.15) is 5.69 Å². The van der Waals surface area contributed by atoms with Crippen LogP contribution >= 0.6 is 0 Å². The molecular formula is C10H15N2O+. The molecule has 1 aromatic carbocycles.